The highest BCUT2D eigenvalue weighted by atomic mass is 16.6. The largest absolute Gasteiger partial charge is 0.326 e. The molecule has 0 bridgehead atoms. The molecule has 1 rings (SSSR count). The zero-order valence-corrected chi connectivity index (χ0v) is 6.73. The van der Waals surface area contributed by atoms with Crippen LogP contribution in [0.2, 0.25) is 0 Å². The number of nitro benzene ring substituents is 1. The standard InChI is InChI=1S/C8H7N3O2/c9-4-6-1-2-8(11(12)13)3-7(6)5-10/h1-3H,5,10H2. The molecule has 0 radical (unpaired) electrons. The fraction of sp³-hybridized carbons (Fsp3) is 0.125. The minimum atomic E-state index is -0.514. The first kappa shape index (κ1) is 9.16. The van der Waals surface area contributed by atoms with Gasteiger partial charge < -0.3 is 5.73 Å². The summed E-state index contributed by atoms with van der Waals surface area (Å²) in [6.07, 6.45) is 0. The van der Waals surface area contributed by atoms with Crippen molar-refractivity contribution in [2.24, 2.45) is 5.73 Å². The number of nitriles is 1. The summed E-state index contributed by atoms with van der Waals surface area (Å²) in [7, 11) is 0. The number of benzene rings is 1. The van der Waals surface area contributed by atoms with Crippen LogP contribution in [0, 0.1) is 21.4 Å². The first-order chi connectivity index (χ1) is 6.19. The second-order valence-corrected chi connectivity index (χ2v) is 2.41. The van der Waals surface area contributed by atoms with Gasteiger partial charge in [-0.15, -0.1) is 0 Å². The quantitative estimate of drug-likeness (QED) is 0.537. The molecule has 0 aliphatic carbocycles. The number of rotatable bonds is 2. The Morgan fingerprint density at radius 3 is 2.77 bits per heavy atom. The topological polar surface area (TPSA) is 92.9 Å². The summed E-state index contributed by atoms with van der Waals surface area (Å²) in [4.78, 5) is 9.84. The van der Waals surface area contributed by atoms with Gasteiger partial charge in [-0.1, -0.05) is 0 Å². The Bertz CT molecular complexity index is 381. The van der Waals surface area contributed by atoms with E-state index in [0.717, 1.165) is 0 Å². The minimum Gasteiger partial charge on any atom is -0.326 e. The summed E-state index contributed by atoms with van der Waals surface area (Å²) in [6, 6.07) is 5.92. The van der Waals surface area contributed by atoms with Gasteiger partial charge in [0.1, 0.15) is 0 Å². The van der Waals surface area contributed by atoms with Crippen molar-refractivity contribution in [2.45, 2.75) is 6.54 Å². The molecule has 0 aliphatic heterocycles. The van der Waals surface area contributed by atoms with Gasteiger partial charge in [0.05, 0.1) is 16.6 Å². The molecule has 1 aromatic carbocycles. The Morgan fingerprint density at radius 1 is 1.62 bits per heavy atom. The zero-order valence-electron chi connectivity index (χ0n) is 6.73. The molecule has 0 saturated carbocycles. The van der Waals surface area contributed by atoms with Crippen LogP contribution in [0.25, 0.3) is 0 Å². The molecule has 66 valence electrons. The number of nitro groups is 1. The molecule has 0 aromatic heterocycles. The van der Waals surface area contributed by atoms with Gasteiger partial charge in [-0.25, -0.2) is 0 Å². The highest BCUT2D eigenvalue weighted by molar-refractivity contribution is 5.45. The average Bonchev–Trinajstić information content (AvgIpc) is 2.16. The molecule has 5 heteroatoms. The van der Waals surface area contributed by atoms with Crippen molar-refractivity contribution in [3.05, 3.63) is 39.4 Å². The molecule has 5 nitrogen and oxygen atoms in total. The van der Waals surface area contributed by atoms with Crippen LogP contribution in [0.5, 0.6) is 0 Å². The van der Waals surface area contributed by atoms with E-state index in [1.807, 2.05) is 6.07 Å². The van der Waals surface area contributed by atoms with Gasteiger partial charge in [0.15, 0.2) is 0 Å². The first-order valence-corrected chi connectivity index (χ1v) is 3.56. The van der Waals surface area contributed by atoms with Crippen LogP contribution in [-0.2, 0) is 6.54 Å². The normalized spacial score (nSPS) is 9.23. The lowest BCUT2D eigenvalue weighted by molar-refractivity contribution is -0.384. The maximum absolute atomic E-state index is 10.4. The molecule has 0 spiro atoms. The molecule has 1 aromatic rings. The number of hydrogen-bond acceptors (Lipinski definition) is 4. The van der Waals surface area contributed by atoms with Gasteiger partial charge in [0.2, 0.25) is 0 Å². The highest BCUT2D eigenvalue weighted by Gasteiger charge is 2.08. The molecule has 0 fully saturated rings. The van der Waals surface area contributed by atoms with Crippen LogP contribution in [0.3, 0.4) is 0 Å². The van der Waals surface area contributed by atoms with Crippen molar-refractivity contribution in [1.82, 2.24) is 0 Å². The lowest BCUT2D eigenvalue weighted by Crippen LogP contribution is -2.00. The Hall–Kier alpha value is -1.93. The SMILES string of the molecule is N#Cc1ccc([N+](=O)[O-])cc1CN. The second-order valence-electron chi connectivity index (χ2n) is 2.41. The molecule has 0 saturated heterocycles. The first-order valence-electron chi connectivity index (χ1n) is 3.56. The summed E-state index contributed by atoms with van der Waals surface area (Å²) >= 11 is 0. The van der Waals surface area contributed by atoms with E-state index < -0.39 is 4.92 Å². The van der Waals surface area contributed by atoms with Gasteiger partial charge >= 0.3 is 0 Å². The molecular formula is C8H7N3O2. The average molecular weight is 177 g/mol. The third kappa shape index (κ3) is 1.80. The molecule has 13 heavy (non-hydrogen) atoms. The maximum Gasteiger partial charge on any atom is 0.269 e. The van der Waals surface area contributed by atoms with Gasteiger partial charge in [0, 0.05) is 18.7 Å². The fourth-order valence-corrected chi connectivity index (χ4v) is 0.972. The van der Waals surface area contributed by atoms with E-state index in [0.29, 0.717) is 11.1 Å². The molecule has 0 unspecified atom stereocenters. The number of nitrogens with zero attached hydrogens (tertiary/aromatic N) is 2. The summed E-state index contributed by atoms with van der Waals surface area (Å²) in [5.41, 5.74) is 6.16. The van der Waals surface area contributed by atoms with Crippen molar-refractivity contribution in [1.29, 1.82) is 5.26 Å². The van der Waals surface area contributed by atoms with Crippen molar-refractivity contribution in [3.63, 3.8) is 0 Å². The van der Waals surface area contributed by atoms with Gasteiger partial charge in [0.25, 0.3) is 5.69 Å². The van der Waals surface area contributed by atoms with E-state index in [2.05, 4.69) is 0 Å². The zero-order chi connectivity index (χ0) is 9.84. The van der Waals surface area contributed by atoms with E-state index in [-0.39, 0.29) is 12.2 Å². The van der Waals surface area contributed by atoms with Gasteiger partial charge in [-0.05, 0) is 11.6 Å². The number of hydrogen-bond donors (Lipinski definition) is 1. The molecule has 0 atom stereocenters. The smallest absolute Gasteiger partial charge is 0.269 e. The van der Waals surface area contributed by atoms with E-state index >= 15 is 0 Å². The predicted molar refractivity (Wildman–Crippen MR) is 45.7 cm³/mol. The van der Waals surface area contributed by atoms with Crippen LogP contribution >= 0.6 is 0 Å². The van der Waals surface area contributed by atoms with E-state index in [4.69, 9.17) is 11.0 Å². The second kappa shape index (κ2) is 3.65. The van der Waals surface area contributed by atoms with Crippen molar-refractivity contribution < 1.29 is 4.92 Å². The molecule has 0 heterocycles. The van der Waals surface area contributed by atoms with E-state index in [9.17, 15) is 10.1 Å². The minimum absolute atomic E-state index is 0.0422. The summed E-state index contributed by atoms with van der Waals surface area (Å²) < 4.78 is 0. The van der Waals surface area contributed by atoms with Crippen LogP contribution in [0.4, 0.5) is 5.69 Å². The lowest BCUT2D eigenvalue weighted by atomic mass is 10.1. The summed E-state index contributed by atoms with van der Waals surface area (Å²) in [5.74, 6) is 0. The molecular weight excluding hydrogens is 170 g/mol. The highest BCUT2D eigenvalue weighted by Crippen LogP contribution is 2.16. The number of nitrogens with two attached hydrogens (primary N) is 1. The Kier molecular flexibility index (Phi) is 2.57. The van der Waals surface area contributed by atoms with E-state index in [1.54, 1.807) is 0 Å². The number of non-ortho nitro benzene ring substituents is 1. The lowest BCUT2D eigenvalue weighted by Gasteiger charge is -1.98. The summed E-state index contributed by atoms with van der Waals surface area (Å²) in [5, 5.41) is 19.0. The monoisotopic (exact) mass is 177 g/mol. The third-order valence-electron chi connectivity index (χ3n) is 1.64. The Balaban J connectivity index is 3.23. The van der Waals surface area contributed by atoms with Crippen LogP contribution < -0.4 is 5.73 Å². The van der Waals surface area contributed by atoms with Crippen LogP contribution in [0.15, 0.2) is 18.2 Å². The fourth-order valence-electron chi connectivity index (χ4n) is 0.972. The Labute approximate surface area is 74.5 Å². The Morgan fingerprint density at radius 2 is 2.31 bits per heavy atom. The van der Waals surface area contributed by atoms with Gasteiger partial charge in [-0.2, -0.15) is 5.26 Å². The van der Waals surface area contributed by atoms with Crippen LogP contribution in [0.1, 0.15) is 11.1 Å². The van der Waals surface area contributed by atoms with Crippen LogP contribution in [-0.4, -0.2) is 4.92 Å². The maximum atomic E-state index is 10.4. The van der Waals surface area contributed by atoms with Crippen molar-refractivity contribution in [3.8, 4) is 6.07 Å². The molecule has 2 N–H and O–H groups in total. The molecule has 0 amide bonds. The predicted octanol–water partition coefficient (Wildman–Crippen LogP) is 0.925. The van der Waals surface area contributed by atoms with Gasteiger partial charge in [-0.3, -0.25) is 10.1 Å². The molecule has 0 aliphatic rings. The van der Waals surface area contributed by atoms with Crippen molar-refractivity contribution >= 4 is 5.69 Å². The summed E-state index contributed by atoms with van der Waals surface area (Å²) in [6.45, 7) is 0.130. The van der Waals surface area contributed by atoms with Crippen molar-refractivity contribution in [2.75, 3.05) is 0 Å². The third-order valence-corrected chi connectivity index (χ3v) is 1.64. The van der Waals surface area contributed by atoms with E-state index in [1.165, 1.54) is 18.2 Å².